The third-order valence-corrected chi connectivity index (χ3v) is 3.07. The molecule has 0 bridgehead atoms. The molecule has 0 saturated carbocycles. The monoisotopic (exact) mass is 278 g/mol. The maximum Gasteiger partial charge on any atom is 0.409 e. The summed E-state index contributed by atoms with van der Waals surface area (Å²) in [6.45, 7) is 1.93. The summed E-state index contributed by atoms with van der Waals surface area (Å²) < 4.78 is 9.86. The molecule has 0 atom stereocenters. The van der Waals surface area contributed by atoms with Crippen LogP contribution in [0, 0.1) is 0 Å². The van der Waals surface area contributed by atoms with Crippen molar-refractivity contribution >= 4 is 12.0 Å². The van der Waals surface area contributed by atoms with Gasteiger partial charge in [0.1, 0.15) is 12.4 Å². The fourth-order valence-electron chi connectivity index (χ4n) is 1.95. The van der Waals surface area contributed by atoms with E-state index in [-0.39, 0.29) is 12.0 Å². The predicted molar refractivity (Wildman–Crippen MR) is 72.6 cm³/mol. The lowest BCUT2D eigenvalue weighted by Gasteiger charge is -2.12. The normalized spacial score (nSPS) is 14.1. The summed E-state index contributed by atoms with van der Waals surface area (Å²) >= 11 is 0. The SMILES string of the molecule is COc1ccc(CC(=O)NCCN2CCOC2=O)cc1. The van der Waals surface area contributed by atoms with Gasteiger partial charge in [-0.3, -0.25) is 4.79 Å². The zero-order valence-electron chi connectivity index (χ0n) is 11.4. The Morgan fingerprint density at radius 3 is 2.75 bits per heavy atom. The number of cyclic esters (lactones) is 1. The third-order valence-electron chi connectivity index (χ3n) is 3.07. The Labute approximate surface area is 117 Å². The Balaban J connectivity index is 1.70. The quantitative estimate of drug-likeness (QED) is 0.836. The first-order chi connectivity index (χ1) is 9.69. The second kappa shape index (κ2) is 6.79. The van der Waals surface area contributed by atoms with Gasteiger partial charge >= 0.3 is 6.09 Å². The zero-order valence-corrected chi connectivity index (χ0v) is 11.4. The molecule has 6 nitrogen and oxygen atoms in total. The van der Waals surface area contributed by atoms with Crippen LogP contribution in [0.4, 0.5) is 4.79 Å². The van der Waals surface area contributed by atoms with Gasteiger partial charge in [-0.15, -0.1) is 0 Å². The highest BCUT2D eigenvalue weighted by Crippen LogP contribution is 2.11. The Hall–Kier alpha value is -2.24. The number of carbonyl (C=O) groups excluding carboxylic acids is 2. The van der Waals surface area contributed by atoms with Crippen LogP contribution >= 0.6 is 0 Å². The topological polar surface area (TPSA) is 67.9 Å². The molecule has 1 fully saturated rings. The van der Waals surface area contributed by atoms with E-state index in [2.05, 4.69) is 5.32 Å². The maximum atomic E-state index is 11.7. The van der Waals surface area contributed by atoms with Gasteiger partial charge in [-0.1, -0.05) is 12.1 Å². The van der Waals surface area contributed by atoms with Crippen molar-refractivity contribution in [3.63, 3.8) is 0 Å². The van der Waals surface area contributed by atoms with Crippen LogP contribution in [-0.2, 0) is 16.0 Å². The molecule has 1 aliphatic heterocycles. The van der Waals surface area contributed by atoms with Gasteiger partial charge in [0, 0.05) is 13.1 Å². The summed E-state index contributed by atoms with van der Waals surface area (Å²) in [5.74, 6) is 0.699. The number of ether oxygens (including phenoxy) is 2. The molecular formula is C14H18N2O4. The van der Waals surface area contributed by atoms with Gasteiger partial charge in [-0.05, 0) is 17.7 Å². The summed E-state index contributed by atoms with van der Waals surface area (Å²) in [4.78, 5) is 24.5. The van der Waals surface area contributed by atoms with E-state index in [4.69, 9.17) is 9.47 Å². The smallest absolute Gasteiger partial charge is 0.409 e. The first kappa shape index (κ1) is 14.2. The van der Waals surface area contributed by atoms with Crippen LogP contribution in [0.15, 0.2) is 24.3 Å². The van der Waals surface area contributed by atoms with Gasteiger partial charge in [0.25, 0.3) is 0 Å². The van der Waals surface area contributed by atoms with Crippen LogP contribution in [-0.4, -0.2) is 50.3 Å². The minimum atomic E-state index is -0.311. The van der Waals surface area contributed by atoms with Crippen LogP contribution < -0.4 is 10.1 Å². The number of nitrogens with zero attached hydrogens (tertiary/aromatic N) is 1. The molecule has 1 aliphatic rings. The summed E-state index contributed by atoms with van der Waals surface area (Å²) in [6, 6.07) is 7.36. The second-order valence-corrected chi connectivity index (χ2v) is 4.48. The lowest BCUT2D eigenvalue weighted by molar-refractivity contribution is -0.120. The molecule has 0 spiro atoms. The van der Waals surface area contributed by atoms with E-state index in [1.807, 2.05) is 24.3 Å². The molecule has 20 heavy (non-hydrogen) atoms. The number of hydrogen-bond donors (Lipinski definition) is 1. The van der Waals surface area contributed by atoms with Crippen LogP contribution in [0.1, 0.15) is 5.56 Å². The summed E-state index contributed by atoms with van der Waals surface area (Å²) in [5, 5.41) is 2.79. The van der Waals surface area contributed by atoms with Crippen LogP contribution in [0.2, 0.25) is 0 Å². The van der Waals surface area contributed by atoms with Gasteiger partial charge in [0.2, 0.25) is 5.91 Å². The average molecular weight is 278 g/mol. The molecule has 0 radical (unpaired) electrons. The zero-order chi connectivity index (χ0) is 14.4. The van der Waals surface area contributed by atoms with Crippen molar-refractivity contribution < 1.29 is 19.1 Å². The predicted octanol–water partition coefficient (Wildman–Crippen LogP) is 0.806. The lowest BCUT2D eigenvalue weighted by Crippen LogP contribution is -2.36. The first-order valence-corrected chi connectivity index (χ1v) is 6.50. The number of methoxy groups -OCH3 is 1. The largest absolute Gasteiger partial charge is 0.497 e. The van der Waals surface area contributed by atoms with E-state index in [0.717, 1.165) is 11.3 Å². The number of amides is 2. The fraction of sp³-hybridized carbons (Fsp3) is 0.429. The highest BCUT2D eigenvalue weighted by Gasteiger charge is 2.21. The number of carbonyl (C=O) groups is 2. The molecule has 1 N–H and O–H groups in total. The third kappa shape index (κ3) is 3.88. The van der Waals surface area contributed by atoms with Crippen LogP contribution in [0.5, 0.6) is 5.75 Å². The molecule has 6 heteroatoms. The molecule has 1 aromatic rings. The molecular weight excluding hydrogens is 260 g/mol. The second-order valence-electron chi connectivity index (χ2n) is 4.48. The minimum absolute atomic E-state index is 0.0669. The number of benzene rings is 1. The van der Waals surface area contributed by atoms with Crippen molar-refractivity contribution in [2.45, 2.75) is 6.42 Å². The van der Waals surface area contributed by atoms with Crippen molar-refractivity contribution in [2.75, 3.05) is 33.4 Å². The van der Waals surface area contributed by atoms with E-state index in [1.54, 1.807) is 12.0 Å². The first-order valence-electron chi connectivity index (χ1n) is 6.50. The van der Waals surface area contributed by atoms with Crippen molar-refractivity contribution in [3.05, 3.63) is 29.8 Å². The van der Waals surface area contributed by atoms with E-state index >= 15 is 0 Å². The van der Waals surface area contributed by atoms with Crippen LogP contribution in [0.3, 0.4) is 0 Å². The lowest BCUT2D eigenvalue weighted by atomic mass is 10.1. The van der Waals surface area contributed by atoms with Crippen molar-refractivity contribution in [2.24, 2.45) is 0 Å². The fourth-order valence-corrected chi connectivity index (χ4v) is 1.95. The molecule has 1 aromatic carbocycles. The molecule has 108 valence electrons. The molecule has 0 unspecified atom stereocenters. The molecule has 0 aromatic heterocycles. The van der Waals surface area contributed by atoms with E-state index in [0.29, 0.717) is 32.7 Å². The number of nitrogens with one attached hydrogen (secondary N) is 1. The van der Waals surface area contributed by atoms with Crippen LogP contribution in [0.25, 0.3) is 0 Å². The molecule has 2 amide bonds. The number of rotatable bonds is 6. The van der Waals surface area contributed by atoms with Gasteiger partial charge in [-0.25, -0.2) is 4.79 Å². The van der Waals surface area contributed by atoms with E-state index in [1.165, 1.54) is 0 Å². The summed E-state index contributed by atoms with van der Waals surface area (Å²) in [6.07, 6.45) is 0.00319. The average Bonchev–Trinajstić information content (AvgIpc) is 2.85. The Morgan fingerprint density at radius 1 is 1.40 bits per heavy atom. The Kier molecular flexibility index (Phi) is 4.81. The molecule has 1 heterocycles. The molecule has 2 rings (SSSR count). The van der Waals surface area contributed by atoms with Gasteiger partial charge < -0.3 is 19.7 Å². The highest BCUT2D eigenvalue weighted by molar-refractivity contribution is 5.78. The standard InChI is InChI=1S/C14H18N2O4/c1-19-12-4-2-11(3-5-12)10-13(17)15-6-7-16-8-9-20-14(16)18/h2-5H,6-10H2,1H3,(H,15,17). The maximum absolute atomic E-state index is 11.7. The molecule has 1 saturated heterocycles. The molecule has 0 aliphatic carbocycles. The van der Waals surface area contributed by atoms with Crippen molar-refractivity contribution in [3.8, 4) is 5.75 Å². The number of hydrogen-bond acceptors (Lipinski definition) is 4. The van der Waals surface area contributed by atoms with Gasteiger partial charge in [-0.2, -0.15) is 0 Å². The Bertz CT molecular complexity index is 473. The summed E-state index contributed by atoms with van der Waals surface area (Å²) in [5.41, 5.74) is 0.920. The summed E-state index contributed by atoms with van der Waals surface area (Å²) in [7, 11) is 1.60. The van der Waals surface area contributed by atoms with Gasteiger partial charge in [0.15, 0.2) is 0 Å². The Morgan fingerprint density at radius 2 is 2.15 bits per heavy atom. The van der Waals surface area contributed by atoms with E-state index in [9.17, 15) is 9.59 Å². The van der Waals surface area contributed by atoms with E-state index < -0.39 is 0 Å². The van der Waals surface area contributed by atoms with Crippen molar-refractivity contribution in [1.29, 1.82) is 0 Å². The highest BCUT2D eigenvalue weighted by atomic mass is 16.6. The van der Waals surface area contributed by atoms with Crippen molar-refractivity contribution in [1.82, 2.24) is 10.2 Å². The van der Waals surface area contributed by atoms with Gasteiger partial charge in [0.05, 0.1) is 20.1 Å². The minimum Gasteiger partial charge on any atom is -0.497 e.